The number of carbonyl (C=O) groups is 1. The average Bonchev–Trinajstić information content (AvgIpc) is 2.74. The van der Waals surface area contributed by atoms with Gasteiger partial charge >= 0.3 is 0 Å². The standard InChI is InChI=1S/C20H31N3O5S/c1-16-6-8-22(9-7-16)20(24)15-21-10-12-23(13-11-21)29(25,26)19-14-17(27-2)4-5-18(19)28-3/h4-5,14,16H,6-13,15H2,1-3H3. The Kier molecular flexibility index (Phi) is 7.02. The van der Waals surface area contributed by atoms with Gasteiger partial charge in [-0.1, -0.05) is 6.92 Å². The summed E-state index contributed by atoms with van der Waals surface area (Å²) in [6, 6.07) is 4.75. The van der Waals surface area contributed by atoms with Crippen LogP contribution in [-0.2, 0) is 14.8 Å². The van der Waals surface area contributed by atoms with Crippen molar-refractivity contribution in [1.29, 1.82) is 0 Å². The molecule has 3 rings (SSSR count). The molecule has 2 aliphatic rings. The van der Waals surface area contributed by atoms with Crippen LogP contribution >= 0.6 is 0 Å². The van der Waals surface area contributed by atoms with Gasteiger partial charge in [0.05, 0.1) is 20.8 Å². The number of likely N-dealkylation sites (tertiary alicyclic amines) is 1. The lowest BCUT2D eigenvalue weighted by atomic mass is 9.99. The molecule has 2 aliphatic heterocycles. The van der Waals surface area contributed by atoms with Crippen molar-refractivity contribution in [2.24, 2.45) is 5.92 Å². The number of ether oxygens (including phenoxy) is 2. The lowest BCUT2D eigenvalue weighted by Gasteiger charge is -2.36. The maximum Gasteiger partial charge on any atom is 0.246 e. The first-order chi connectivity index (χ1) is 13.8. The number of hydrogen-bond donors (Lipinski definition) is 0. The Morgan fingerprint density at radius 1 is 1.03 bits per heavy atom. The summed E-state index contributed by atoms with van der Waals surface area (Å²) in [7, 11) is -0.762. The molecule has 0 aliphatic carbocycles. The summed E-state index contributed by atoms with van der Waals surface area (Å²) in [6.07, 6.45) is 2.11. The third-order valence-electron chi connectivity index (χ3n) is 5.82. The van der Waals surface area contributed by atoms with E-state index in [1.807, 2.05) is 9.80 Å². The third kappa shape index (κ3) is 5.02. The highest BCUT2D eigenvalue weighted by Crippen LogP contribution is 2.31. The number of nitrogens with zero attached hydrogens (tertiary/aromatic N) is 3. The predicted molar refractivity (Wildman–Crippen MR) is 110 cm³/mol. The topological polar surface area (TPSA) is 79.4 Å². The molecule has 1 aromatic carbocycles. The van der Waals surface area contributed by atoms with Crippen LogP contribution in [0, 0.1) is 5.92 Å². The summed E-state index contributed by atoms with van der Waals surface area (Å²) in [5.74, 6) is 1.58. The molecular formula is C20H31N3O5S. The van der Waals surface area contributed by atoms with E-state index in [0.717, 1.165) is 25.9 Å². The summed E-state index contributed by atoms with van der Waals surface area (Å²) < 4.78 is 38.2. The van der Waals surface area contributed by atoms with E-state index in [4.69, 9.17) is 9.47 Å². The number of benzene rings is 1. The van der Waals surface area contributed by atoms with E-state index in [-0.39, 0.29) is 10.8 Å². The van der Waals surface area contributed by atoms with Crippen LogP contribution in [0.15, 0.2) is 23.1 Å². The van der Waals surface area contributed by atoms with Crippen LogP contribution in [0.25, 0.3) is 0 Å². The first-order valence-electron chi connectivity index (χ1n) is 10.1. The van der Waals surface area contributed by atoms with Crippen molar-refractivity contribution in [3.8, 4) is 11.5 Å². The Morgan fingerprint density at radius 3 is 2.28 bits per heavy atom. The minimum Gasteiger partial charge on any atom is -0.497 e. The van der Waals surface area contributed by atoms with Crippen LogP contribution in [0.2, 0.25) is 0 Å². The summed E-state index contributed by atoms with van der Waals surface area (Å²) in [4.78, 5) is 16.6. The van der Waals surface area contributed by atoms with Gasteiger partial charge in [-0.15, -0.1) is 0 Å². The number of hydrogen-bond acceptors (Lipinski definition) is 6. The molecule has 29 heavy (non-hydrogen) atoms. The SMILES string of the molecule is COc1ccc(OC)c(S(=O)(=O)N2CCN(CC(=O)N3CCC(C)CC3)CC2)c1. The van der Waals surface area contributed by atoms with Crippen LogP contribution in [0.4, 0.5) is 0 Å². The molecule has 0 atom stereocenters. The molecule has 9 heteroatoms. The highest BCUT2D eigenvalue weighted by Gasteiger charge is 2.32. The minimum atomic E-state index is -3.71. The van der Waals surface area contributed by atoms with E-state index in [9.17, 15) is 13.2 Å². The summed E-state index contributed by atoms with van der Waals surface area (Å²) in [5, 5.41) is 0. The zero-order valence-electron chi connectivity index (χ0n) is 17.5. The van der Waals surface area contributed by atoms with Crippen molar-refractivity contribution >= 4 is 15.9 Å². The maximum absolute atomic E-state index is 13.1. The van der Waals surface area contributed by atoms with Crippen molar-refractivity contribution in [1.82, 2.24) is 14.1 Å². The van der Waals surface area contributed by atoms with Crippen molar-refractivity contribution in [2.75, 3.05) is 60.0 Å². The fourth-order valence-electron chi connectivity index (χ4n) is 3.80. The Morgan fingerprint density at radius 2 is 1.69 bits per heavy atom. The van der Waals surface area contributed by atoms with Crippen molar-refractivity contribution in [3.05, 3.63) is 18.2 Å². The highest BCUT2D eigenvalue weighted by atomic mass is 32.2. The second-order valence-corrected chi connectivity index (χ2v) is 9.67. The van der Waals surface area contributed by atoms with Crippen LogP contribution in [0.1, 0.15) is 19.8 Å². The second kappa shape index (κ2) is 9.32. The molecule has 0 N–H and O–H groups in total. The zero-order chi connectivity index (χ0) is 21.0. The second-order valence-electron chi connectivity index (χ2n) is 7.76. The molecule has 0 bridgehead atoms. The molecular weight excluding hydrogens is 394 g/mol. The molecule has 0 spiro atoms. The number of piperazine rings is 1. The summed E-state index contributed by atoms with van der Waals surface area (Å²) in [6.45, 7) is 5.96. The first-order valence-corrected chi connectivity index (χ1v) is 11.5. The summed E-state index contributed by atoms with van der Waals surface area (Å²) in [5.41, 5.74) is 0. The Balaban J connectivity index is 1.61. The number of piperidine rings is 1. The molecule has 0 aromatic heterocycles. The van der Waals surface area contributed by atoms with Gasteiger partial charge in [-0.3, -0.25) is 9.69 Å². The minimum absolute atomic E-state index is 0.103. The van der Waals surface area contributed by atoms with Crippen LogP contribution in [0.5, 0.6) is 11.5 Å². The molecule has 2 saturated heterocycles. The van der Waals surface area contributed by atoms with Crippen LogP contribution in [0.3, 0.4) is 0 Å². The number of carbonyl (C=O) groups excluding carboxylic acids is 1. The molecule has 162 valence electrons. The average molecular weight is 426 g/mol. The van der Waals surface area contributed by atoms with E-state index < -0.39 is 10.0 Å². The fourth-order valence-corrected chi connectivity index (χ4v) is 5.39. The van der Waals surface area contributed by atoms with Gasteiger partial charge in [-0.2, -0.15) is 4.31 Å². The molecule has 1 aromatic rings. The number of rotatable bonds is 6. The van der Waals surface area contributed by atoms with Crippen molar-refractivity contribution < 1.29 is 22.7 Å². The lowest BCUT2D eigenvalue weighted by molar-refractivity contribution is -0.134. The number of methoxy groups -OCH3 is 2. The molecule has 2 fully saturated rings. The van der Waals surface area contributed by atoms with E-state index in [2.05, 4.69) is 6.92 Å². The van der Waals surface area contributed by atoms with E-state index in [1.54, 1.807) is 12.1 Å². The van der Waals surface area contributed by atoms with Crippen LogP contribution < -0.4 is 9.47 Å². The van der Waals surface area contributed by atoms with Gasteiger partial charge in [-0.05, 0) is 30.9 Å². The summed E-state index contributed by atoms with van der Waals surface area (Å²) >= 11 is 0. The van der Waals surface area contributed by atoms with Gasteiger partial charge < -0.3 is 14.4 Å². The molecule has 0 saturated carbocycles. The Bertz CT molecular complexity index is 813. The van der Waals surface area contributed by atoms with Gasteiger partial charge in [0, 0.05) is 45.3 Å². The molecule has 0 unspecified atom stereocenters. The predicted octanol–water partition coefficient (Wildman–Crippen LogP) is 1.27. The first kappa shape index (κ1) is 21.9. The third-order valence-corrected chi connectivity index (χ3v) is 7.73. The Hall–Kier alpha value is -1.84. The largest absolute Gasteiger partial charge is 0.497 e. The molecule has 1 amide bonds. The quantitative estimate of drug-likeness (QED) is 0.683. The van der Waals surface area contributed by atoms with E-state index in [0.29, 0.717) is 50.1 Å². The van der Waals surface area contributed by atoms with Crippen LogP contribution in [-0.4, -0.2) is 88.5 Å². The van der Waals surface area contributed by atoms with Gasteiger partial charge in [0.25, 0.3) is 0 Å². The van der Waals surface area contributed by atoms with E-state index in [1.165, 1.54) is 24.6 Å². The molecule has 0 radical (unpaired) electrons. The lowest BCUT2D eigenvalue weighted by Crippen LogP contribution is -2.52. The van der Waals surface area contributed by atoms with E-state index >= 15 is 0 Å². The van der Waals surface area contributed by atoms with Crippen molar-refractivity contribution in [2.45, 2.75) is 24.7 Å². The normalized spacial score (nSPS) is 19.9. The number of sulfonamides is 1. The van der Waals surface area contributed by atoms with Crippen molar-refractivity contribution in [3.63, 3.8) is 0 Å². The fraction of sp³-hybridized carbons (Fsp3) is 0.650. The smallest absolute Gasteiger partial charge is 0.246 e. The monoisotopic (exact) mass is 425 g/mol. The van der Waals surface area contributed by atoms with Gasteiger partial charge in [0.1, 0.15) is 16.4 Å². The highest BCUT2D eigenvalue weighted by molar-refractivity contribution is 7.89. The molecule has 2 heterocycles. The van der Waals surface area contributed by atoms with Gasteiger partial charge in [-0.25, -0.2) is 8.42 Å². The number of amides is 1. The van der Waals surface area contributed by atoms with Gasteiger partial charge in [0.2, 0.25) is 15.9 Å². The van der Waals surface area contributed by atoms with Gasteiger partial charge in [0.15, 0.2) is 0 Å². The Labute approximate surface area is 173 Å². The zero-order valence-corrected chi connectivity index (χ0v) is 18.3. The molecule has 8 nitrogen and oxygen atoms in total. The maximum atomic E-state index is 13.1.